The quantitative estimate of drug-likeness (QED) is 0.117. The third kappa shape index (κ3) is 13.5. The molecule has 3 N–H and O–H groups in total. The van der Waals surface area contributed by atoms with Crippen LogP contribution in [-0.2, 0) is 23.9 Å². The fourth-order valence-corrected chi connectivity index (χ4v) is 4.53. The van der Waals surface area contributed by atoms with Gasteiger partial charge in [-0.25, -0.2) is 0 Å². The Morgan fingerprint density at radius 1 is 1.05 bits per heavy atom. The van der Waals surface area contributed by atoms with Crippen LogP contribution in [0.1, 0.15) is 58.8 Å². The molecule has 0 bridgehead atoms. The maximum Gasteiger partial charge on any atom is 0.231 e. The summed E-state index contributed by atoms with van der Waals surface area (Å²) in [5.41, 5.74) is 1.80. The van der Waals surface area contributed by atoms with E-state index in [-0.39, 0.29) is 37.0 Å². The van der Waals surface area contributed by atoms with Gasteiger partial charge in [-0.05, 0) is 55.7 Å². The minimum Gasteiger partial charge on any atom is -0.454 e. The highest BCUT2D eigenvalue weighted by Gasteiger charge is 2.32. The topological polar surface area (TPSA) is 106 Å². The van der Waals surface area contributed by atoms with Crippen molar-refractivity contribution in [3.05, 3.63) is 109 Å². The van der Waals surface area contributed by atoms with E-state index in [4.69, 9.17) is 9.47 Å². The molecule has 1 saturated carbocycles. The van der Waals surface area contributed by atoms with Crippen LogP contribution in [0.25, 0.3) is 0 Å². The monoisotopic (exact) mass is 589 g/mol. The average Bonchev–Trinajstić information content (AvgIpc) is 3.44. The molecule has 8 nitrogen and oxygen atoms in total. The van der Waals surface area contributed by atoms with Crippen LogP contribution in [-0.4, -0.2) is 37.6 Å². The molecule has 1 heterocycles. The summed E-state index contributed by atoms with van der Waals surface area (Å²) in [6.45, 7) is 12.6. The molecule has 0 saturated heterocycles. The molecule has 2 aliphatic rings. The summed E-state index contributed by atoms with van der Waals surface area (Å²) in [5.74, 6) is 1.13. The van der Waals surface area contributed by atoms with E-state index in [0.29, 0.717) is 36.8 Å². The van der Waals surface area contributed by atoms with E-state index in [1.807, 2.05) is 67.6 Å². The molecule has 0 aromatic heterocycles. The first-order valence-electron chi connectivity index (χ1n) is 15.0. The van der Waals surface area contributed by atoms with E-state index in [0.717, 1.165) is 43.4 Å². The SMILES string of the molecule is C=CC1=C(/C=C\C/C=C/C(=CCC)NCCC(=O)NC(C(=C)C(C)CC(=O)NC=O)C2CCC2)OCO1.c1ccccc1. The minimum absolute atomic E-state index is 0.0528. The second kappa shape index (κ2) is 20.5. The summed E-state index contributed by atoms with van der Waals surface area (Å²) in [5, 5.41) is 8.65. The van der Waals surface area contributed by atoms with Crippen molar-refractivity contribution in [2.45, 2.75) is 64.8 Å². The van der Waals surface area contributed by atoms with Crippen LogP contribution in [0, 0.1) is 11.8 Å². The first kappa shape index (κ1) is 34.9. The fourth-order valence-electron chi connectivity index (χ4n) is 4.53. The van der Waals surface area contributed by atoms with E-state index in [1.165, 1.54) is 0 Å². The van der Waals surface area contributed by atoms with Gasteiger partial charge in [0.2, 0.25) is 25.0 Å². The second-order valence-electron chi connectivity index (χ2n) is 10.4. The van der Waals surface area contributed by atoms with Gasteiger partial charge >= 0.3 is 0 Å². The molecule has 3 rings (SSSR count). The molecule has 0 spiro atoms. The van der Waals surface area contributed by atoms with Gasteiger partial charge in [-0.1, -0.05) is 93.6 Å². The predicted octanol–water partition coefficient (Wildman–Crippen LogP) is 5.99. The Morgan fingerprint density at radius 2 is 1.72 bits per heavy atom. The van der Waals surface area contributed by atoms with Gasteiger partial charge in [0.05, 0.1) is 6.04 Å². The molecule has 1 aliphatic heterocycles. The molecule has 43 heavy (non-hydrogen) atoms. The van der Waals surface area contributed by atoms with Crippen molar-refractivity contribution in [2.75, 3.05) is 13.3 Å². The van der Waals surface area contributed by atoms with Gasteiger partial charge in [0.15, 0.2) is 11.5 Å². The summed E-state index contributed by atoms with van der Waals surface area (Å²) in [4.78, 5) is 35.1. The number of imide groups is 1. The molecule has 2 unspecified atom stereocenters. The molecule has 1 aliphatic carbocycles. The van der Waals surface area contributed by atoms with E-state index < -0.39 is 0 Å². The third-order valence-electron chi connectivity index (χ3n) is 7.15. The lowest BCUT2D eigenvalue weighted by atomic mass is 9.74. The molecule has 232 valence electrons. The molecule has 8 heteroatoms. The number of hydrogen-bond acceptors (Lipinski definition) is 6. The molecule has 1 fully saturated rings. The third-order valence-corrected chi connectivity index (χ3v) is 7.15. The lowest BCUT2D eigenvalue weighted by Crippen LogP contribution is -2.46. The molecule has 1 aromatic carbocycles. The van der Waals surface area contributed by atoms with E-state index >= 15 is 0 Å². The van der Waals surface area contributed by atoms with Crippen molar-refractivity contribution in [1.82, 2.24) is 16.0 Å². The van der Waals surface area contributed by atoms with Crippen LogP contribution in [0.2, 0.25) is 0 Å². The lowest BCUT2D eigenvalue weighted by molar-refractivity contribution is -0.125. The van der Waals surface area contributed by atoms with Crippen molar-refractivity contribution >= 4 is 18.2 Å². The van der Waals surface area contributed by atoms with Crippen molar-refractivity contribution in [1.29, 1.82) is 0 Å². The van der Waals surface area contributed by atoms with Crippen molar-refractivity contribution in [3.8, 4) is 0 Å². The van der Waals surface area contributed by atoms with Gasteiger partial charge in [0, 0.05) is 25.1 Å². The number of rotatable bonds is 17. The Labute approximate surface area is 256 Å². The van der Waals surface area contributed by atoms with E-state index in [9.17, 15) is 14.4 Å². The summed E-state index contributed by atoms with van der Waals surface area (Å²) in [6, 6.07) is 11.8. The number of amides is 3. The highest BCUT2D eigenvalue weighted by molar-refractivity contribution is 5.86. The summed E-state index contributed by atoms with van der Waals surface area (Å²) in [6.07, 6.45) is 17.3. The van der Waals surface area contributed by atoms with E-state index in [1.54, 1.807) is 6.08 Å². The number of ether oxygens (including phenoxy) is 2. The first-order valence-corrected chi connectivity index (χ1v) is 15.0. The summed E-state index contributed by atoms with van der Waals surface area (Å²) in [7, 11) is 0. The van der Waals surface area contributed by atoms with Crippen LogP contribution >= 0.6 is 0 Å². The van der Waals surface area contributed by atoms with Crippen molar-refractivity contribution < 1.29 is 23.9 Å². The molecule has 0 radical (unpaired) electrons. The number of carbonyl (C=O) groups is 3. The smallest absolute Gasteiger partial charge is 0.231 e. The van der Waals surface area contributed by atoms with Gasteiger partial charge in [-0.3, -0.25) is 19.7 Å². The number of carbonyl (C=O) groups excluding carboxylic acids is 3. The van der Waals surface area contributed by atoms with Crippen LogP contribution < -0.4 is 16.0 Å². The zero-order valence-electron chi connectivity index (χ0n) is 25.6. The Balaban J connectivity index is 0.000000953. The van der Waals surface area contributed by atoms with Crippen LogP contribution in [0.4, 0.5) is 0 Å². The standard InChI is InChI=1S/C29H41N3O5.C6H6/c1-5-11-24(14-8-7-9-15-26-25(6-2)36-20-37-26)30-17-16-27(34)32-29(23-12-10-13-23)22(4)21(3)18-28(35)31-19-33;1-2-4-6-5-3-1/h6,8-9,11,14-15,19,21,23,29-30H,2,4-5,7,10,12-13,16-18,20H2,1,3H3,(H,32,34)(H,31,33,35);1-6H/b14-8+,15-9-,24-11?;. The second-order valence-corrected chi connectivity index (χ2v) is 10.4. The van der Waals surface area contributed by atoms with Gasteiger partial charge in [0.1, 0.15) is 0 Å². The normalized spacial score (nSPS) is 16.2. The maximum atomic E-state index is 12.8. The van der Waals surface area contributed by atoms with Gasteiger partial charge in [-0.2, -0.15) is 0 Å². The zero-order valence-corrected chi connectivity index (χ0v) is 25.6. The first-order chi connectivity index (χ1) is 20.9. The highest BCUT2D eigenvalue weighted by atomic mass is 16.7. The lowest BCUT2D eigenvalue weighted by Gasteiger charge is -2.37. The number of allylic oxidation sites excluding steroid dienone is 6. The minimum atomic E-state index is -0.343. The van der Waals surface area contributed by atoms with Gasteiger partial charge < -0.3 is 20.1 Å². The van der Waals surface area contributed by atoms with E-state index in [2.05, 4.69) is 42.1 Å². The highest BCUT2D eigenvalue weighted by Crippen LogP contribution is 2.35. The Kier molecular flexibility index (Phi) is 16.6. The Morgan fingerprint density at radius 3 is 2.30 bits per heavy atom. The van der Waals surface area contributed by atoms with Crippen LogP contribution in [0.5, 0.6) is 0 Å². The van der Waals surface area contributed by atoms with Crippen molar-refractivity contribution in [3.63, 3.8) is 0 Å². The number of nitrogens with one attached hydrogen (secondary N) is 3. The Bertz CT molecular complexity index is 1140. The maximum absolute atomic E-state index is 12.8. The zero-order chi connectivity index (χ0) is 31.3. The average molecular weight is 590 g/mol. The molecule has 1 aromatic rings. The molecule has 2 atom stereocenters. The van der Waals surface area contributed by atoms with Crippen LogP contribution in [0.3, 0.4) is 0 Å². The summed E-state index contributed by atoms with van der Waals surface area (Å²) < 4.78 is 10.7. The predicted molar refractivity (Wildman–Crippen MR) is 171 cm³/mol. The molecule has 3 amide bonds. The largest absolute Gasteiger partial charge is 0.454 e. The fraction of sp³-hybridized carbons (Fsp3) is 0.400. The number of hydrogen-bond donors (Lipinski definition) is 3. The van der Waals surface area contributed by atoms with Gasteiger partial charge in [-0.15, -0.1) is 0 Å². The van der Waals surface area contributed by atoms with Gasteiger partial charge in [0.25, 0.3) is 0 Å². The summed E-state index contributed by atoms with van der Waals surface area (Å²) >= 11 is 0. The van der Waals surface area contributed by atoms with Crippen molar-refractivity contribution in [2.24, 2.45) is 11.8 Å². The number of benzene rings is 1. The Hall–Kier alpha value is -4.33. The van der Waals surface area contributed by atoms with Crippen LogP contribution in [0.15, 0.2) is 109 Å². The molecular weight excluding hydrogens is 542 g/mol. The molecular formula is C35H47N3O5.